The molecule has 0 amide bonds. The van der Waals surface area contributed by atoms with Crippen LogP contribution in [0.4, 0.5) is 0 Å². The Balaban J connectivity index is 2.52. The molecule has 1 aromatic rings. The largest absolute Gasteiger partial charge is 0.0917 e. The molecule has 0 aliphatic rings. The van der Waals surface area contributed by atoms with Crippen LogP contribution >= 0.6 is 0 Å². The molecule has 0 heterocycles. The minimum Gasteiger partial charge on any atom is -0.0917 e. The molecule has 0 saturated carbocycles. The van der Waals surface area contributed by atoms with E-state index in [0.717, 1.165) is 11.8 Å². The Hall–Kier alpha value is -1.04. The lowest BCUT2D eigenvalue weighted by molar-refractivity contribution is 0.348. The first-order chi connectivity index (χ1) is 7.77. The van der Waals surface area contributed by atoms with E-state index in [1.165, 1.54) is 24.8 Å². The van der Waals surface area contributed by atoms with Gasteiger partial charge in [-0.1, -0.05) is 62.8 Å². The molecule has 0 saturated heterocycles. The van der Waals surface area contributed by atoms with Crippen molar-refractivity contribution in [2.75, 3.05) is 0 Å². The van der Waals surface area contributed by atoms with E-state index in [1.54, 1.807) is 0 Å². The second-order valence-corrected chi connectivity index (χ2v) is 4.64. The first-order valence-corrected chi connectivity index (χ1v) is 6.43. The normalized spacial score (nSPS) is 15.2. The lowest BCUT2D eigenvalue weighted by atomic mass is 9.84. The van der Waals surface area contributed by atoms with Gasteiger partial charge in [-0.2, -0.15) is 0 Å². The van der Waals surface area contributed by atoms with Gasteiger partial charge in [0, 0.05) is 0 Å². The smallest absolute Gasteiger partial charge is 0.0250 e. The van der Waals surface area contributed by atoms with Crippen LogP contribution < -0.4 is 0 Å². The molecule has 0 radical (unpaired) electrons. The molecule has 0 spiro atoms. The van der Waals surface area contributed by atoms with Crippen molar-refractivity contribution in [2.45, 2.75) is 40.0 Å². The first kappa shape index (κ1) is 13.0. The lowest BCUT2D eigenvalue weighted by Crippen LogP contribution is -2.12. The Morgan fingerprint density at radius 3 is 2.44 bits per heavy atom. The maximum Gasteiger partial charge on any atom is -0.0250 e. The summed E-state index contributed by atoms with van der Waals surface area (Å²) in [4.78, 5) is 0. The summed E-state index contributed by atoms with van der Waals surface area (Å²) in [7, 11) is 0. The molecule has 0 aliphatic carbocycles. The van der Waals surface area contributed by atoms with E-state index in [0.29, 0.717) is 0 Å². The topological polar surface area (TPSA) is 0 Å². The molecule has 0 bridgehead atoms. The van der Waals surface area contributed by atoms with Crippen molar-refractivity contribution in [3.05, 3.63) is 48.0 Å². The van der Waals surface area contributed by atoms with Crippen molar-refractivity contribution in [3.63, 3.8) is 0 Å². The molecule has 0 nitrogen and oxygen atoms in total. The summed E-state index contributed by atoms with van der Waals surface area (Å²) >= 11 is 0. The Morgan fingerprint density at radius 2 is 1.88 bits per heavy atom. The van der Waals surface area contributed by atoms with Crippen LogP contribution in [0.2, 0.25) is 0 Å². The van der Waals surface area contributed by atoms with Crippen molar-refractivity contribution in [3.8, 4) is 0 Å². The van der Waals surface area contributed by atoms with Gasteiger partial charge in [0.2, 0.25) is 0 Å². The zero-order chi connectivity index (χ0) is 11.8. The third-order valence-corrected chi connectivity index (χ3v) is 3.40. The van der Waals surface area contributed by atoms with Crippen LogP contribution in [0.15, 0.2) is 42.5 Å². The van der Waals surface area contributed by atoms with Crippen molar-refractivity contribution in [1.29, 1.82) is 0 Å². The maximum absolute atomic E-state index is 2.38. The van der Waals surface area contributed by atoms with Crippen LogP contribution in [0.1, 0.15) is 39.2 Å². The number of hydrogen-bond donors (Lipinski definition) is 0. The molecule has 0 heteroatoms. The number of rotatable bonds is 6. The fraction of sp³-hybridized carbons (Fsp3) is 0.500. The van der Waals surface area contributed by atoms with Gasteiger partial charge in [0.1, 0.15) is 0 Å². The summed E-state index contributed by atoms with van der Waals surface area (Å²) in [6, 6.07) is 10.8. The van der Waals surface area contributed by atoms with Gasteiger partial charge in [-0.3, -0.25) is 0 Å². The van der Waals surface area contributed by atoms with E-state index in [2.05, 4.69) is 63.3 Å². The Bertz CT molecular complexity index is 297. The third kappa shape index (κ3) is 4.22. The molecular weight excluding hydrogens is 192 g/mol. The second kappa shape index (κ2) is 7.27. The fourth-order valence-electron chi connectivity index (χ4n) is 2.26. The summed E-state index contributed by atoms with van der Waals surface area (Å²) in [6.45, 7) is 6.79. The minimum atomic E-state index is 0.767. The van der Waals surface area contributed by atoms with Crippen LogP contribution in [0.3, 0.4) is 0 Å². The lowest BCUT2D eigenvalue weighted by Gasteiger charge is -2.21. The molecule has 0 N–H and O–H groups in total. The highest BCUT2D eigenvalue weighted by Crippen LogP contribution is 2.23. The first-order valence-electron chi connectivity index (χ1n) is 6.43. The SMILES string of the molecule is CC=CCC(CC)C(C)Cc1ccccc1. The Morgan fingerprint density at radius 1 is 1.19 bits per heavy atom. The van der Waals surface area contributed by atoms with Gasteiger partial charge in [0.15, 0.2) is 0 Å². The van der Waals surface area contributed by atoms with Crippen LogP contribution in [-0.2, 0) is 6.42 Å². The highest BCUT2D eigenvalue weighted by Gasteiger charge is 2.14. The van der Waals surface area contributed by atoms with Gasteiger partial charge in [-0.15, -0.1) is 0 Å². The maximum atomic E-state index is 2.38. The zero-order valence-electron chi connectivity index (χ0n) is 10.8. The Kier molecular flexibility index (Phi) is 5.92. The van der Waals surface area contributed by atoms with E-state index in [4.69, 9.17) is 0 Å². The van der Waals surface area contributed by atoms with Crippen molar-refractivity contribution >= 4 is 0 Å². The molecule has 0 aromatic heterocycles. The summed E-state index contributed by atoms with van der Waals surface area (Å²) in [5.74, 6) is 1.58. The van der Waals surface area contributed by atoms with Crippen LogP contribution in [0, 0.1) is 11.8 Å². The number of benzene rings is 1. The van der Waals surface area contributed by atoms with Crippen LogP contribution in [0.5, 0.6) is 0 Å². The van der Waals surface area contributed by atoms with Gasteiger partial charge in [0.25, 0.3) is 0 Å². The van der Waals surface area contributed by atoms with Gasteiger partial charge in [0.05, 0.1) is 0 Å². The Labute approximate surface area is 100 Å². The summed E-state index contributed by atoms with van der Waals surface area (Å²) < 4.78 is 0. The van der Waals surface area contributed by atoms with Crippen molar-refractivity contribution < 1.29 is 0 Å². The summed E-state index contributed by atoms with van der Waals surface area (Å²) in [6.07, 6.45) is 8.17. The highest BCUT2D eigenvalue weighted by atomic mass is 14.2. The summed E-state index contributed by atoms with van der Waals surface area (Å²) in [5.41, 5.74) is 1.47. The molecule has 2 unspecified atom stereocenters. The molecule has 2 atom stereocenters. The van der Waals surface area contributed by atoms with E-state index in [-0.39, 0.29) is 0 Å². The van der Waals surface area contributed by atoms with Crippen LogP contribution in [0.25, 0.3) is 0 Å². The molecule has 0 aliphatic heterocycles. The number of allylic oxidation sites excluding steroid dienone is 2. The number of hydrogen-bond acceptors (Lipinski definition) is 0. The van der Waals surface area contributed by atoms with Gasteiger partial charge in [-0.25, -0.2) is 0 Å². The highest BCUT2D eigenvalue weighted by molar-refractivity contribution is 5.15. The molecule has 0 fully saturated rings. The van der Waals surface area contributed by atoms with Crippen molar-refractivity contribution in [1.82, 2.24) is 0 Å². The molecule has 88 valence electrons. The van der Waals surface area contributed by atoms with E-state index in [1.807, 2.05) is 0 Å². The van der Waals surface area contributed by atoms with Gasteiger partial charge in [-0.05, 0) is 37.2 Å². The molecule has 16 heavy (non-hydrogen) atoms. The van der Waals surface area contributed by atoms with Crippen molar-refractivity contribution in [2.24, 2.45) is 11.8 Å². The van der Waals surface area contributed by atoms with E-state index >= 15 is 0 Å². The predicted octanol–water partition coefficient (Wildman–Crippen LogP) is 4.86. The standard InChI is InChI=1S/C16H24/c1-4-6-12-16(5-2)14(3)13-15-10-8-7-9-11-15/h4,6-11,14,16H,5,12-13H2,1-3H3. The van der Waals surface area contributed by atoms with Gasteiger partial charge < -0.3 is 0 Å². The quantitative estimate of drug-likeness (QED) is 0.596. The van der Waals surface area contributed by atoms with Crippen LogP contribution in [-0.4, -0.2) is 0 Å². The average molecular weight is 216 g/mol. The van der Waals surface area contributed by atoms with E-state index < -0.39 is 0 Å². The predicted molar refractivity (Wildman–Crippen MR) is 72.5 cm³/mol. The second-order valence-electron chi connectivity index (χ2n) is 4.64. The monoisotopic (exact) mass is 216 g/mol. The average Bonchev–Trinajstić information content (AvgIpc) is 2.31. The molecule has 1 rings (SSSR count). The zero-order valence-corrected chi connectivity index (χ0v) is 10.8. The van der Waals surface area contributed by atoms with E-state index in [9.17, 15) is 0 Å². The molecular formula is C16H24. The summed E-state index contributed by atoms with van der Waals surface area (Å²) in [5, 5.41) is 0. The fourth-order valence-corrected chi connectivity index (χ4v) is 2.26. The minimum absolute atomic E-state index is 0.767. The third-order valence-electron chi connectivity index (χ3n) is 3.40. The molecule has 1 aromatic carbocycles. The van der Waals surface area contributed by atoms with Gasteiger partial charge >= 0.3 is 0 Å².